The molecule has 2 heterocycles. The van der Waals surface area contributed by atoms with E-state index in [2.05, 4.69) is 4.98 Å². The molecule has 0 aliphatic carbocycles. The zero-order valence-corrected chi connectivity index (χ0v) is 9.00. The number of amides is 1. The van der Waals surface area contributed by atoms with Gasteiger partial charge in [0.25, 0.3) is 0 Å². The Morgan fingerprint density at radius 1 is 1.62 bits per heavy atom. The fourth-order valence-corrected chi connectivity index (χ4v) is 1.66. The summed E-state index contributed by atoms with van der Waals surface area (Å²) in [4.78, 5) is 17.3. The Morgan fingerprint density at radius 2 is 2.50 bits per heavy atom. The van der Waals surface area contributed by atoms with Crippen molar-refractivity contribution in [1.82, 2.24) is 9.88 Å². The molecule has 1 amide bonds. The van der Waals surface area contributed by atoms with Gasteiger partial charge in [0.15, 0.2) is 0 Å². The molecule has 5 heteroatoms. The normalized spacial score (nSPS) is 19.8. The molecule has 0 radical (unpaired) electrons. The first kappa shape index (κ1) is 10.9. The van der Waals surface area contributed by atoms with Gasteiger partial charge in [0.05, 0.1) is 5.69 Å². The van der Waals surface area contributed by atoms with Gasteiger partial charge in [-0.25, -0.2) is 4.79 Å². The number of pyridine rings is 1. The number of rotatable bonds is 2. The van der Waals surface area contributed by atoms with Crippen molar-refractivity contribution in [1.29, 1.82) is 0 Å². The van der Waals surface area contributed by atoms with Crippen LogP contribution < -0.4 is 5.73 Å². The minimum absolute atomic E-state index is 0.0856. The summed E-state index contributed by atoms with van der Waals surface area (Å²) in [6.07, 6.45) is 2.21. The predicted molar refractivity (Wildman–Crippen MR) is 58.6 cm³/mol. The van der Waals surface area contributed by atoms with Crippen LogP contribution in [-0.2, 0) is 11.3 Å². The lowest BCUT2D eigenvalue weighted by Crippen LogP contribution is -2.32. The maximum Gasteiger partial charge on any atom is 0.410 e. The molecule has 0 saturated carbocycles. The molecule has 5 nitrogen and oxygen atoms in total. The van der Waals surface area contributed by atoms with E-state index in [1.807, 2.05) is 18.2 Å². The molecule has 2 N–H and O–H groups in total. The number of nitrogens with two attached hydrogens (primary N) is 1. The Kier molecular flexibility index (Phi) is 3.36. The third-order valence-corrected chi connectivity index (χ3v) is 2.55. The van der Waals surface area contributed by atoms with Crippen LogP contribution in [-0.4, -0.2) is 35.1 Å². The van der Waals surface area contributed by atoms with Crippen LogP contribution >= 0.6 is 0 Å². The first-order valence-corrected chi connectivity index (χ1v) is 5.33. The number of likely N-dealkylation sites (tertiary alicyclic amines) is 1. The second kappa shape index (κ2) is 4.94. The molecule has 0 spiro atoms. The van der Waals surface area contributed by atoms with Crippen LogP contribution in [0.1, 0.15) is 12.1 Å². The van der Waals surface area contributed by atoms with Crippen LogP contribution in [0, 0.1) is 0 Å². The number of aromatic nitrogens is 1. The maximum absolute atomic E-state index is 11.6. The monoisotopic (exact) mass is 221 g/mol. The average Bonchev–Trinajstić information content (AvgIpc) is 2.74. The van der Waals surface area contributed by atoms with E-state index in [0.29, 0.717) is 13.1 Å². The molecular weight excluding hydrogens is 206 g/mol. The third kappa shape index (κ3) is 2.70. The number of nitrogens with zero attached hydrogens (tertiary/aromatic N) is 2. The SMILES string of the molecule is NC1CCN(C(=O)OCc2ccccn2)C1. The molecule has 86 valence electrons. The maximum atomic E-state index is 11.6. The highest BCUT2D eigenvalue weighted by Gasteiger charge is 2.24. The van der Waals surface area contributed by atoms with Gasteiger partial charge in [0, 0.05) is 25.3 Å². The van der Waals surface area contributed by atoms with Gasteiger partial charge in [0.2, 0.25) is 0 Å². The Hall–Kier alpha value is -1.62. The molecule has 1 unspecified atom stereocenters. The predicted octanol–water partition coefficient (Wildman–Crippen LogP) is 0.751. The van der Waals surface area contributed by atoms with Crippen LogP contribution in [0.15, 0.2) is 24.4 Å². The highest BCUT2D eigenvalue weighted by Crippen LogP contribution is 2.09. The lowest BCUT2D eigenvalue weighted by molar-refractivity contribution is 0.103. The van der Waals surface area contributed by atoms with Gasteiger partial charge >= 0.3 is 6.09 Å². The Balaban J connectivity index is 1.80. The summed E-state index contributed by atoms with van der Waals surface area (Å²) in [5.74, 6) is 0. The van der Waals surface area contributed by atoms with Crippen molar-refractivity contribution in [2.24, 2.45) is 5.73 Å². The standard InChI is InChI=1S/C11H15N3O2/c12-9-4-6-14(7-9)11(15)16-8-10-3-1-2-5-13-10/h1-3,5,9H,4,6-8,12H2. The van der Waals surface area contributed by atoms with Crippen LogP contribution in [0.3, 0.4) is 0 Å². The van der Waals surface area contributed by atoms with E-state index in [-0.39, 0.29) is 18.7 Å². The summed E-state index contributed by atoms with van der Waals surface area (Å²) >= 11 is 0. The number of carbonyl (C=O) groups is 1. The van der Waals surface area contributed by atoms with Crippen LogP contribution in [0.5, 0.6) is 0 Å². The van der Waals surface area contributed by atoms with Crippen molar-refractivity contribution >= 4 is 6.09 Å². The first-order valence-electron chi connectivity index (χ1n) is 5.33. The van der Waals surface area contributed by atoms with Crippen molar-refractivity contribution in [2.45, 2.75) is 19.1 Å². The summed E-state index contributed by atoms with van der Waals surface area (Å²) in [6.45, 7) is 1.48. The Labute approximate surface area is 94.2 Å². The summed E-state index contributed by atoms with van der Waals surface area (Å²) in [5.41, 5.74) is 6.46. The molecule has 2 rings (SSSR count). The van der Waals surface area contributed by atoms with Gasteiger partial charge in [-0.2, -0.15) is 0 Å². The zero-order chi connectivity index (χ0) is 11.4. The second-order valence-electron chi connectivity index (χ2n) is 3.87. The lowest BCUT2D eigenvalue weighted by Gasteiger charge is -2.15. The topological polar surface area (TPSA) is 68.5 Å². The largest absolute Gasteiger partial charge is 0.443 e. The molecule has 1 aliphatic heterocycles. The first-order chi connectivity index (χ1) is 7.75. The van der Waals surface area contributed by atoms with Crippen molar-refractivity contribution < 1.29 is 9.53 Å². The number of ether oxygens (including phenoxy) is 1. The Bertz CT molecular complexity index is 356. The molecule has 0 bridgehead atoms. The van der Waals surface area contributed by atoms with Crippen LogP contribution in [0.4, 0.5) is 4.79 Å². The summed E-state index contributed by atoms with van der Waals surface area (Å²) < 4.78 is 5.13. The van der Waals surface area contributed by atoms with Crippen molar-refractivity contribution in [2.75, 3.05) is 13.1 Å². The van der Waals surface area contributed by atoms with Crippen molar-refractivity contribution in [3.8, 4) is 0 Å². The quantitative estimate of drug-likeness (QED) is 0.800. The van der Waals surface area contributed by atoms with Crippen LogP contribution in [0.25, 0.3) is 0 Å². The average molecular weight is 221 g/mol. The molecule has 1 saturated heterocycles. The lowest BCUT2D eigenvalue weighted by atomic mass is 10.3. The molecule has 1 atom stereocenters. The van der Waals surface area contributed by atoms with E-state index >= 15 is 0 Å². The fourth-order valence-electron chi connectivity index (χ4n) is 1.66. The molecule has 1 aromatic rings. The smallest absolute Gasteiger partial charge is 0.410 e. The van der Waals surface area contributed by atoms with E-state index in [1.54, 1.807) is 11.1 Å². The minimum Gasteiger partial charge on any atom is -0.443 e. The van der Waals surface area contributed by atoms with Gasteiger partial charge in [-0.3, -0.25) is 4.98 Å². The summed E-state index contributed by atoms with van der Waals surface area (Å²) in [6, 6.07) is 5.60. The van der Waals surface area contributed by atoms with Crippen molar-refractivity contribution in [3.05, 3.63) is 30.1 Å². The molecule has 16 heavy (non-hydrogen) atoms. The molecule has 1 aliphatic rings. The van der Waals surface area contributed by atoms with E-state index in [4.69, 9.17) is 10.5 Å². The van der Waals surface area contributed by atoms with E-state index < -0.39 is 0 Å². The number of hydrogen-bond donors (Lipinski definition) is 1. The van der Waals surface area contributed by atoms with Gasteiger partial charge in [-0.1, -0.05) is 6.07 Å². The van der Waals surface area contributed by atoms with E-state index in [1.165, 1.54) is 0 Å². The highest BCUT2D eigenvalue weighted by molar-refractivity contribution is 5.68. The Morgan fingerprint density at radius 3 is 3.12 bits per heavy atom. The highest BCUT2D eigenvalue weighted by atomic mass is 16.6. The molecule has 1 aromatic heterocycles. The second-order valence-corrected chi connectivity index (χ2v) is 3.87. The number of hydrogen-bond acceptors (Lipinski definition) is 4. The molecular formula is C11H15N3O2. The van der Waals surface area contributed by atoms with Crippen LogP contribution in [0.2, 0.25) is 0 Å². The molecule has 0 aromatic carbocycles. The van der Waals surface area contributed by atoms with E-state index in [0.717, 1.165) is 12.1 Å². The van der Waals surface area contributed by atoms with Gasteiger partial charge < -0.3 is 15.4 Å². The van der Waals surface area contributed by atoms with Crippen molar-refractivity contribution in [3.63, 3.8) is 0 Å². The van der Waals surface area contributed by atoms with E-state index in [9.17, 15) is 4.79 Å². The minimum atomic E-state index is -0.307. The third-order valence-electron chi connectivity index (χ3n) is 2.55. The summed E-state index contributed by atoms with van der Waals surface area (Å²) in [5, 5.41) is 0. The zero-order valence-electron chi connectivity index (χ0n) is 9.00. The fraction of sp³-hybridized carbons (Fsp3) is 0.455. The molecule has 1 fully saturated rings. The summed E-state index contributed by atoms with van der Waals surface area (Å²) in [7, 11) is 0. The van der Waals surface area contributed by atoms with Gasteiger partial charge in [-0.05, 0) is 18.6 Å². The number of carbonyl (C=O) groups excluding carboxylic acids is 1. The van der Waals surface area contributed by atoms with Gasteiger partial charge in [0.1, 0.15) is 6.61 Å². The van der Waals surface area contributed by atoms with Gasteiger partial charge in [-0.15, -0.1) is 0 Å².